The van der Waals surface area contributed by atoms with Crippen molar-refractivity contribution in [2.75, 3.05) is 26.4 Å². The first kappa shape index (κ1) is 37.2. The maximum Gasteiger partial charge on any atom is 0.324 e. The Bertz CT molecular complexity index is 908. The smallest absolute Gasteiger partial charge is 0.324 e. The van der Waals surface area contributed by atoms with E-state index in [0.717, 1.165) is 0 Å². The summed E-state index contributed by atoms with van der Waals surface area (Å²) in [6.45, 7) is 19.3. The van der Waals surface area contributed by atoms with Crippen molar-refractivity contribution in [3.05, 3.63) is 12.2 Å². The van der Waals surface area contributed by atoms with Crippen LogP contribution >= 0.6 is 0 Å². The Morgan fingerprint density at radius 3 is 1.00 bits per heavy atom. The van der Waals surface area contributed by atoms with Crippen LogP contribution in [0.25, 0.3) is 0 Å². The third-order valence-corrected chi connectivity index (χ3v) is 7.32. The Balaban J connectivity index is 6.63. The van der Waals surface area contributed by atoms with Crippen LogP contribution in [0.15, 0.2) is 12.2 Å². The number of hydrogen-bond acceptors (Lipinski definition) is 8. The lowest BCUT2D eigenvalue weighted by Crippen LogP contribution is -2.42. The number of allylic oxidation sites excluding steroid dienone is 2. The average Bonchev–Trinajstić information content (AvgIpc) is 2.83. The summed E-state index contributed by atoms with van der Waals surface area (Å²) in [6.07, 6.45) is 2.83. The summed E-state index contributed by atoms with van der Waals surface area (Å²) < 4.78 is 21.2. The van der Waals surface area contributed by atoms with Crippen molar-refractivity contribution in [1.82, 2.24) is 0 Å². The molecule has 0 spiro atoms. The first-order valence-electron chi connectivity index (χ1n) is 13.9. The molecule has 0 N–H and O–H groups in total. The summed E-state index contributed by atoms with van der Waals surface area (Å²) in [5, 5.41) is 0. The molecule has 0 aromatic carbocycles. The zero-order chi connectivity index (χ0) is 31.0. The lowest BCUT2D eigenvalue weighted by Gasteiger charge is -2.27. The van der Waals surface area contributed by atoms with E-state index in [-0.39, 0.29) is 52.1 Å². The van der Waals surface area contributed by atoms with Gasteiger partial charge in [0.1, 0.15) is 16.1 Å². The molecular weight excluding hydrogens is 544 g/mol. The Kier molecular flexibility index (Phi) is 15.9. The van der Waals surface area contributed by atoms with E-state index in [1.165, 1.54) is 0 Å². The van der Waals surface area contributed by atoms with Gasteiger partial charge in [0, 0.05) is 12.8 Å². The second-order valence-electron chi connectivity index (χ2n) is 11.4. The molecule has 0 saturated heterocycles. The Morgan fingerprint density at radius 2 is 0.800 bits per heavy atom. The van der Waals surface area contributed by atoms with Gasteiger partial charge in [-0.2, -0.15) is 0 Å². The zero-order valence-corrected chi connectivity index (χ0v) is 28.1. The minimum Gasteiger partial charge on any atom is -0.465 e. The Hall–Kier alpha value is -2.83. The van der Waals surface area contributed by atoms with Gasteiger partial charge in [0.2, 0.25) is 0 Å². The first-order valence-corrected chi connectivity index (χ1v) is 20.9. The summed E-state index contributed by atoms with van der Waals surface area (Å²) in [5.41, 5.74) is 3.01. The normalized spacial score (nSPS) is 11.9. The fraction of sp³-hybridized carbons (Fsp3) is 0.667. The number of carbonyl (C=O) groups excluding carboxylic acids is 4. The fourth-order valence-corrected chi connectivity index (χ4v) is 4.74. The Labute approximate surface area is 242 Å². The van der Waals surface area contributed by atoms with Gasteiger partial charge in [0.25, 0.3) is 0 Å². The van der Waals surface area contributed by atoms with Crippen LogP contribution in [-0.4, -0.2) is 66.5 Å². The van der Waals surface area contributed by atoms with Crippen LogP contribution < -0.4 is 0 Å². The lowest BCUT2D eigenvalue weighted by molar-refractivity contribution is -0.173. The number of rotatable bonds is 14. The van der Waals surface area contributed by atoms with Crippen molar-refractivity contribution in [1.29, 1.82) is 0 Å². The molecular formula is C30H48O8Si2. The molecule has 0 radical (unpaired) electrons. The van der Waals surface area contributed by atoms with Crippen LogP contribution in [0.1, 0.15) is 53.4 Å². The molecule has 0 unspecified atom stereocenters. The summed E-state index contributed by atoms with van der Waals surface area (Å²) in [4.78, 5) is 52.7. The first-order chi connectivity index (χ1) is 18.5. The highest BCUT2D eigenvalue weighted by Crippen LogP contribution is 2.34. The molecule has 0 aromatic rings. The van der Waals surface area contributed by atoms with Crippen LogP contribution in [0.3, 0.4) is 0 Å². The van der Waals surface area contributed by atoms with Crippen molar-refractivity contribution in [3.8, 4) is 22.9 Å². The average molecular weight is 593 g/mol. The summed E-state index contributed by atoms with van der Waals surface area (Å²) in [6, 6.07) is 0. The molecule has 0 atom stereocenters. The zero-order valence-electron chi connectivity index (χ0n) is 26.1. The maximum atomic E-state index is 13.2. The van der Waals surface area contributed by atoms with Crippen molar-refractivity contribution >= 4 is 40.0 Å². The second-order valence-corrected chi connectivity index (χ2v) is 20.9. The van der Waals surface area contributed by atoms with E-state index < -0.39 is 50.9 Å². The highest BCUT2D eigenvalue weighted by molar-refractivity contribution is 6.84. The summed E-state index contributed by atoms with van der Waals surface area (Å²) in [7, 11) is -3.58. The van der Waals surface area contributed by atoms with Crippen molar-refractivity contribution in [2.45, 2.75) is 92.7 Å². The van der Waals surface area contributed by atoms with Gasteiger partial charge < -0.3 is 18.9 Å². The monoisotopic (exact) mass is 592 g/mol. The van der Waals surface area contributed by atoms with E-state index in [1.807, 2.05) is 0 Å². The highest BCUT2D eigenvalue weighted by Gasteiger charge is 2.49. The molecule has 40 heavy (non-hydrogen) atoms. The molecule has 0 amide bonds. The standard InChI is InChI=1S/C30H48O8Si2/c1-11-35-25(31)29(26(32)36-12-2,21-17-23-39(5,6)7)19-15-16-20-30(27(33)37-13-3,28(34)38-14-4)22-18-24-40(8,9)10/h15-16H,11-14,19-22H2,1-10H3/b16-15-. The van der Waals surface area contributed by atoms with E-state index in [2.05, 4.69) is 62.2 Å². The van der Waals surface area contributed by atoms with Crippen molar-refractivity contribution in [3.63, 3.8) is 0 Å². The van der Waals surface area contributed by atoms with Gasteiger partial charge in [0.05, 0.1) is 26.4 Å². The van der Waals surface area contributed by atoms with E-state index in [0.29, 0.717) is 0 Å². The molecule has 0 aliphatic carbocycles. The van der Waals surface area contributed by atoms with Crippen molar-refractivity contribution in [2.24, 2.45) is 10.8 Å². The van der Waals surface area contributed by atoms with E-state index in [4.69, 9.17) is 18.9 Å². The van der Waals surface area contributed by atoms with Crippen LogP contribution in [0.5, 0.6) is 0 Å². The van der Waals surface area contributed by atoms with Gasteiger partial charge in [-0.15, -0.1) is 22.9 Å². The molecule has 0 aliphatic rings. The minimum absolute atomic E-state index is 0.0791. The van der Waals surface area contributed by atoms with Gasteiger partial charge in [-0.25, -0.2) is 0 Å². The van der Waals surface area contributed by atoms with Crippen molar-refractivity contribution < 1.29 is 38.1 Å². The Morgan fingerprint density at radius 1 is 0.550 bits per heavy atom. The van der Waals surface area contributed by atoms with Crippen LogP contribution in [-0.2, 0) is 38.1 Å². The molecule has 8 nitrogen and oxygen atoms in total. The predicted molar refractivity (Wildman–Crippen MR) is 161 cm³/mol. The van der Waals surface area contributed by atoms with Gasteiger partial charge in [0.15, 0.2) is 10.8 Å². The largest absolute Gasteiger partial charge is 0.465 e. The summed E-state index contributed by atoms with van der Waals surface area (Å²) in [5.74, 6) is 3.13. The molecule has 0 saturated carbocycles. The molecule has 0 fully saturated rings. The molecule has 0 bridgehead atoms. The quantitative estimate of drug-likeness (QED) is 0.0686. The molecule has 0 aliphatic heterocycles. The van der Waals surface area contributed by atoms with Crippen LogP contribution in [0.4, 0.5) is 0 Å². The molecule has 10 heteroatoms. The van der Waals surface area contributed by atoms with Gasteiger partial charge in [-0.3, -0.25) is 19.2 Å². The number of hydrogen-bond donors (Lipinski definition) is 0. The number of carbonyl (C=O) groups is 4. The van der Waals surface area contributed by atoms with E-state index in [9.17, 15) is 19.2 Å². The molecule has 0 rings (SSSR count). The second kappa shape index (κ2) is 17.1. The highest BCUT2D eigenvalue weighted by atomic mass is 28.3. The molecule has 224 valence electrons. The number of ether oxygens (including phenoxy) is 4. The van der Waals surface area contributed by atoms with Crippen LogP contribution in [0.2, 0.25) is 39.3 Å². The van der Waals surface area contributed by atoms with Crippen LogP contribution in [0, 0.1) is 33.8 Å². The maximum absolute atomic E-state index is 13.2. The molecule has 0 heterocycles. The third kappa shape index (κ3) is 12.1. The fourth-order valence-electron chi connectivity index (χ4n) is 3.50. The number of esters is 4. The van der Waals surface area contributed by atoms with Gasteiger partial charge >= 0.3 is 23.9 Å². The lowest BCUT2D eigenvalue weighted by atomic mass is 9.79. The minimum atomic E-state index is -1.79. The topological polar surface area (TPSA) is 105 Å². The summed E-state index contributed by atoms with van der Waals surface area (Å²) >= 11 is 0. The van der Waals surface area contributed by atoms with E-state index in [1.54, 1.807) is 39.8 Å². The van der Waals surface area contributed by atoms with E-state index >= 15 is 0 Å². The van der Waals surface area contributed by atoms with Gasteiger partial charge in [-0.1, -0.05) is 51.4 Å². The third-order valence-electron chi connectivity index (χ3n) is 5.47. The molecule has 0 aromatic heterocycles. The SMILES string of the molecule is CCOC(=O)C(CC#C[Si](C)(C)C)(C/C=C\CC(CC#C[Si](C)(C)C)(C(=O)OCC)C(=O)OCC)C(=O)OCC. The predicted octanol–water partition coefficient (Wildman–Crippen LogP) is 5.09. The van der Waals surface area contributed by atoms with Gasteiger partial charge in [-0.05, 0) is 40.5 Å².